The maximum Gasteiger partial charge on any atom is 0.166 e. The summed E-state index contributed by atoms with van der Waals surface area (Å²) < 4.78 is 16.7. The summed E-state index contributed by atoms with van der Waals surface area (Å²) >= 11 is 0. The van der Waals surface area contributed by atoms with Gasteiger partial charge < -0.3 is 19.4 Å². The van der Waals surface area contributed by atoms with Gasteiger partial charge in [0.2, 0.25) is 0 Å². The Labute approximate surface area is 107 Å². The van der Waals surface area contributed by atoms with E-state index in [1.165, 1.54) is 0 Å². The zero-order valence-corrected chi connectivity index (χ0v) is 10.5. The third-order valence-corrected chi connectivity index (χ3v) is 2.95. The van der Waals surface area contributed by atoms with Gasteiger partial charge in [-0.1, -0.05) is 12.1 Å². The van der Waals surface area contributed by atoms with Crippen molar-refractivity contribution in [3.05, 3.63) is 23.8 Å². The summed E-state index contributed by atoms with van der Waals surface area (Å²) in [6.07, 6.45) is 2.03. The average Bonchev–Trinajstić information content (AvgIpc) is 2.42. The molecule has 0 aromatic heterocycles. The smallest absolute Gasteiger partial charge is 0.166 e. The Morgan fingerprint density at radius 1 is 1.50 bits per heavy atom. The van der Waals surface area contributed by atoms with Gasteiger partial charge in [-0.15, -0.1) is 0 Å². The number of rotatable bonds is 5. The van der Waals surface area contributed by atoms with Crippen LogP contribution in [0.15, 0.2) is 18.2 Å². The first kappa shape index (κ1) is 13.1. The Balaban J connectivity index is 2.16. The van der Waals surface area contributed by atoms with E-state index in [4.69, 9.17) is 19.4 Å². The van der Waals surface area contributed by atoms with Crippen LogP contribution in [0.3, 0.4) is 0 Å². The maximum atomic E-state index is 8.84. The fourth-order valence-electron chi connectivity index (χ4n) is 2.05. The van der Waals surface area contributed by atoms with E-state index in [2.05, 4.69) is 5.48 Å². The summed E-state index contributed by atoms with van der Waals surface area (Å²) in [6, 6.07) is 5.61. The minimum Gasteiger partial charge on any atom is -0.493 e. The van der Waals surface area contributed by atoms with E-state index in [1.807, 2.05) is 18.2 Å². The Bertz CT molecular complexity index is 377. The lowest BCUT2D eigenvalue weighted by Crippen LogP contribution is -2.28. The van der Waals surface area contributed by atoms with Gasteiger partial charge in [0, 0.05) is 18.7 Å². The van der Waals surface area contributed by atoms with Crippen LogP contribution in [0.4, 0.5) is 0 Å². The van der Waals surface area contributed by atoms with E-state index in [9.17, 15) is 0 Å². The molecule has 1 aliphatic heterocycles. The molecule has 1 aliphatic rings. The van der Waals surface area contributed by atoms with E-state index < -0.39 is 0 Å². The minimum absolute atomic E-state index is 0.0486. The van der Waals surface area contributed by atoms with Crippen molar-refractivity contribution < 1.29 is 19.4 Å². The van der Waals surface area contributed by atoms with Crippen LogP contribution in [0, 0.1) is 0 Å². The molecule has 1 heterocycles. The predicted molar refractivity (Wildman–Crippen MR) is 66.1 cm³/mol. The van der Waals surface area contributed by atoms with Crippen LogP contribution in [0.2, 0.25) is 0 Å². The van der Waals surface area contributed by atoms with Crippen LogP contribution in [0.5, 0.6) is 11.5 Å². The minimum atomic E-state index is 0.0486. The maximum absolute atomic E-state index is 8.84. The summed E-state index contributed by atoms with van der Waals surface area (Å²) in [4.78, 5) is 0. The summed E-state index contributed by atoms with van der Waals surface area (Å²) in [7, 11) is 1.61. The first-order valence-corrected chi connectivity index (χ1v) is 6.12. The molecule has 100 valence electrons. The Kier molecular flexibility index (Phi) is 4.81. The molecule has 0 spiro atoms. The second-order valence-corrected chi connectivity index (χ2v) is 4.24. The number of benzene rings is 1. The number of methoxy groups -OCH3 is 1. The van der Waals surface area contributed by atoms with E-state index in [1.54, 1.807) is 7.11 Å². The topological polar surface area (TPSA) is 60.0 Å². The van der Waals surface area contributed by atoms with Crippen LogP contribution in [0.1, 0.15) is 18.4 Å². The van der Waals surface area contributed by atoms with E-state index in [-0.39, 0.29) is 6.10 Å². The van der Waals surface area contributed by atoms with E-state index >= 15 is 0 Å². The SMILES string of the molecule is COc1cccc(CNO)c1OC1CCCOC1. The normalized spacial score (nSPS) is 19.6. The molecule has 18 heavy (non-hydrogen) atoms. The molecular weight excluding hydrogens is 234 g/mol. The lowest BCUT2D eigenvalue weighted by atomic mass is 10.1. The van der Waals surface area contributed by atoms with Gasteiger partial charge in [-0.2, -0.15) is 0 Å². The number of hydrogen-bond acceptors (Lipinski definition) is 5. The van der Waals surface area contributed by atoms with Gasteiger partial charge in [0.05, 0.1) is 13.7 Å². The van der Waals surface area contributed by atoms with Gasteiger partial charge in [-0.05, 0) is 18.9 Å². The number of ether oxygens (including phenoxy) is 3. The zero-order valence-electron chi connectivity index (χ0n) is 10.5. The Morgan fingerprint density at radius 2 is 2.39 bits per heavy atom. The van der Waals surface area contributed by atoms with Crippen molar-refractivity contribution >= 4 is 0 Å². The highest BCUT2D eigenvalue weighted by Crippen LogP contribution is 2.32. The zero-order chi connectivity index (χ0) is 12.8. The molecule has 0 amide bonds. The summed E-state index contributed by atoms with van der Waals surface area (Å²) in [5.74, 6) is 1.35. The molecule has 1 aromatic rings. The Morgan fingerprint density at radius 3 is 3.06 bits per heavy atom. The molecule has 1 saturated heterocycles. The molecule has 5 heteroatoms. The second kappa shape index (κ2) is 6.58. The lowest BCUT2D eigenvalue weighted by molar-refractivity contribution is 0.00573. The number of hydrogen-bond donors (Lipinski definition) is 2. The van der Waals surface area contributed by atoms with Crippen LogP contribution in [-0.2, 0) is 11.3 Å². The van der Waals surface area contributed by atoms with Crippen molar-refractivity contribution in [2.75, 3.05) is 20.3 Å². The first-order valence-electron chi connectivity index (χ1n) is 6.12. The van der Waals surface area contributed by atoms with E-state index in [0.29, 0.717) is 24.7 Å². The largest absolute Gasteiger partial charge is 0.493 e. The van der Waals surface area contributed by atoms with E-state index in [0.717, 1.165) is 25.0 Å². The van der Waals surface area contributed by atoms with Crippen LogP contribution in [-0.4, -0.2) is 31.6 Å². The fourth-order valence-corrected chi connectivity index (χ4v) is 2.05. The fraction of sp³-hybridized carbons (Fsp3) is 0.538. The Hall–Kier alpha value is -1.30. The molecule has 2 rings (SSSR count). The van der Waals surface area contributed by atoms with Crippen molar-refractivity contribution in [3.8, 4) is 11.5 Å². The van der Waals surface area contributed by atoms with Crippen molar-refractivity contribution in [2.24, 2.45) is 0 Å². The van der Waals surface area contributed by atoms with Gasteiger partial charge in [0.1, 0.15) is 6.10 Å². The molecule has 5 nitrogen and oxygen atoms in total. The monoisotopic (exact) mass is 253 g/mol. The number of hydroxylamine groups is 1. The molecule has 0 saturated carbocycles. The van der Waals surface area contributed by atoms with Gasteiger partial charge >= 0.3 is 0 Å². The molecular formula is C13H19NO4. The van der Waals surface area contributed by atoms with Gasteiger partial charge in [0.25, 0.3) is 0 Å². The quantitative estimate of drug-likeness (QED) is 0.783. The van der Waals surface area contributed by atoms with Gasteiger partial charge in [-0.25, -0.2) is 5.48 Å². The highest BCUT2D eigenvalue weighted by molar-refractivity contribution is 5.46. The molecule has 1 atom stereocenters. The summed E-state index contributed by atoms with van der Waals surface area (Å²) in [6.45, 7) is 1.72. The average molecular weight is 253 g/mol. The third-order valence-electron chi connectivity index (χ3n) is 2.95. The van der Waals surface area contributed by atoms with Gasteiger partial charge in [0.15, 0.2) is 11.5 Å². The van der Waals surface area contributed by atoms with Crippen LogP contribution >= 0.6 is 0 Å². The second-order valence-electron chi connectivity index (χ2n) is 4.24. The molecule has 1 aromatic carbocycles. The number of para-hydroxylation sites is 1. The third kappa shape index (κ3) is 3.13. The molecule has 0 bridgehead atoms. The van der Waals surface area contributed by atoms with Crippen molar-refractivity contribution in [3.63, 3.8) is 0 Å². The highest BCUT2D eigenvalue weighted by atomic mass is 16.5. The predicted octanol–water partition coefficient (Wildman–Crippen LogP) is 1.73. The standard InChI is InChI=1S/C13H19NO4/c1-16-12-6-2-4-10(8-14-15)13(12)18-11-5-3-7-17-9-11/h2,4,6,11,14-15H,3,5,7-9H2,1H3. The lowest BCUT2D eigenvalue weighted by Gasteiger charge is -2.25. The van der Waals surface area contributed by atoms with Crippen molar-refractivity contribution in [1.82, 2.24) is 5.48 Å². The highest BCUT2D eigenvalue weighted by Gasteiger charge is 2.19. The van der Waals surface area contributed by atoms with Crippen molar-refractivity contribution in [2.45, 2.75) is 25.5 Å². The summed E-state index contributed by atoms with van der Waals surface area (Å²) in [5.41, 5.74) is 3.01. The van der Waals surface area contributed by atoms with Crippen LogP contribution < -0.4 is 15.0 Å². The molecule has 2 N–H and O–H groups in total. The summed E-state index contributed by atoms with van der Waals surface area (Å²) in [5, 5.41) is 8.84. The van der Waals surface area contributed by atoms with Gasteiger partial charge in [-0.3, -0.25) is 0 Å². The van der Waals surface area contributed by atoms with Crippen LogP contribution in [0.25, 0.3) is 0 Å². The number of nitrogens with one attached hydrogen (secondary N) is 1. The molecule has 1 fully saturated rings. The molecule has 1 unspecified atom stereocenters. The van der Waals surface area contributed by atoms with Crippen molar-refractivity contribution in [1.29, 1.82) is 0 Å². The molecule has 0 aliphatic carbocycles. The molecule has 0 radical (unpaired) electrons. The first-order chi connectivity index (χ1) is 8.85.